The zero-order chi connectivity index (χ0) is 17.2. The summed E-state index contributed by atoms with van der Waals surface area (Å²) in [6.07, 6.45) is 0. The standard InChI is InChI=1S/C21H13BrO2Se/c22-15-11-12-18-17(13-15)19(14-7-3-1-4-8-14)20(21(23)24-18)25-16-9-5-2-6-10-16/h1-13H. The van der Waals surface area contributed by atoms with Gasteiger partial charge in [-0.1, -0.05) is 0 Å². The van der Waals surface area contributed by atoms with E-state index in [2.05, 4.69) is 28.1 Å². The summed E-state index contributed by atoms with van der Waals surface area (Å²) < 4.78 is 8.48. The Morgan fingerprint density at radius 3 is 2.24 bits per heavy atom. The van der Waals surface area contributed by atoms with E-state index in [4.69, 9.17) is 4.42 Å². The molecule has 1 aromatic heterocycles. The zero-order valence-corrected chi connectivity index (χ0v) is 16.4. The summed E-state index contributed by atoms with van der Waals surface area (Å²) in [5.74, 6) is 0. The van der Waals surface area contributed by atoms with Crippen molar-refractivity contribution < 1.29 is 4.42 Å². The Morgan fingerprint density at radius 1 is 0.840 bits per heavy atom. The van der Waals surface area contributed by atoms with E-state index in [0.29, 0.717) is 5.58 Å². The number of hydrogen-bond donors (Lipinski definition) is 0. The average molecular weight is 456 g/mol. The molecular weight excluding hydrogens is 443 g/mol. The van der Waals surface area contributed by atoms with E-state index in [0.717, 1.165) is 29.9 Å². The maximum atomic E-state index is 12.8. The van der Waals surface area contributed by atoms with Crippen molar-refractivity contribution in [1.82, 2.24) is 0 Å². The SMILES string of the molecule is O=c1oc2ccc(Br)cc2c(-c2ccccc2)c1[Se]c1ccccc1. The third-order valence-corrected chi connectivity index (χ3v) is 6.62. The molecule has 3 aromatic carbocycles. The van der Waals surface area contributed by atoms with E-state index in [1.165, 1.54) is 0 Å². The molecule has 4 aromatic rings. The van der Waals surface area contributed by atoms with E-state index < -0.39 is 0 Å². The minimum absolute atomic E-state index is 0.135. The Labute approximate surface area is 159 Å². The van der Waals surface area contributed by atoms with Gasteiger partial charge in [-0.2, -0.15) is 0 Å². The summed E-state index contributed by atoms with van der Waals surface area (Å²) in [5, 5.41) is 0.952. The monoisotopic (exact) mass is 456 g/mol. The summed E-state index contributed by atoms with van der Waals surface area (Å²) in [7, 11) is 0. The molecule has 122 valence electrons. The molecule has 0 spiro atoms. The molecule has 0 saturated carbocycles. The predicted molar refractivity (Wildman–Crippen MR) is 107 cm³/mol. The van der Waals surface area contributed by atoms with Crippen LogP contribution >= 0.6 is 15.9 Å². The van der Waals surface area contributed by atoms with E-state index >= 15 is 0 Å². The van der Waals surface area contributed by atoms with Crippen molar-refractivity contribution >= 4 is 50.8 Å². The van der Waals surface area contributed by atoms with Crippen molar-refractivity contribution in [3.05, 3.63) is 93.8 Å². The summed E-state index contributed by atoms with van der Waals surface area (Å²) in [4.78, 5) is 12.8. The molecule has 1 heterocycles. The molecule has 0 amide bonds. The first-order chi connectivity index (χ1) is 12.2. The Bertz CT molecular complexity index is 1090. The molecule has 0 radical (unpaired) electrons. The molecule has 0 aliphatic rings. The molecule has 0 aliphatic heterocycles. The van der Waals surface area contributed by atoms with Crippen LogP contribution in [-0.4, -0.2) is 15.0 Å². The fourth-order valence-corrected chi connectivity index (χ4v) is 5.17. The normalized spacial score (nSPS) is 10.9. The first-order valence-corrected chi connectivity index (χ1v) is 10.3. The van der Waals surface area contributed by atoms with Gasteiger partial charge in [0.1, 0.15) is 0 Å². The van der Waals surface area contributed by atoms with Gasteiger partial charge in [0.25, 0.3) is 0 Å². The molecule has 4 rings (SSSR count). The molecule has 0 N–H and O–H groups in total. The van der Waals surface area contributed by atoms with Gasteiger partial charge >= 0.3 is 160 Å². The molecule has 4 heteroatoms. The summed E-state index contributed by atoms with van der Waals surface area (Å²) in [6.45, 7) is 0. The Morgan fingerprint density at radius 2 is 1.52 bits per heavy atom. The molecule has 0 bridgehead atoms. The van der Waals surface area contributed by atoms with Crippen LogP contribution < -0.4 is 14.5 Å². The van der Waals surface area contributed by atoms with Crippen LogP contribution in [-0.2, 0) is 0 Å². The molecule has 25 heavy (non-hydrogen) atoms. The van der Waals surface area contributed by atoms with Gasteiger partial charge in [-0.25, -0.2) is 0 Å². The quantitative estimate of drug-likeness (QED) is 0.346. The van der Waals surface area contributed by atoms with E-state index in [-0.39, 0.29) is 20.6 Å². The van der Waals surface area contributed by atoms with Gasteiger partial charge in [0.15, 0.2) is 0 Å². The summed E-state index contributed by atoms with van der Waals surface area (Å²) >= 11 is 3.40. The molecule has 2 nitrogen and oxygen atoms in total. The molecule has 0 atom stereocenters. The predicted octanol–water partition coefficient (Wildman–Crippen LogP) is 3.88. The molecule has 0 unspecified atom stereocenters. The van der Waals surface area contributed by atoms with Crippen LogP contribution in [0.5, 0.6) is 0 Å². The summed E-state index contributed by atoms with van der Waals surface area (Å²) in [6, 6.07) is 25.9. The Hall–Kier alpha value is -2.13. The van der Waals surface area contributed by atoms with Crippen LogP contribution in [0.4, 0.5) is 0 Å². The van der Waals surface area contributed by atoms with Crippen molar-refractivity contribution in [1.29, 1.82) is 0 Å². The van der Waals surface area contributed by atoms with Crippen LogP contribution in [0.15, 0.2) is 92.5 Å². The Balaban J connectivity index is 2.04. The summed E-state index contributed by atoms with van der Waals surface area (Å²) in [5.41, 5.74) is 2.36. The third kappa shape index (κ3) is 3.34. The fourth-order valence-electron chi connectivity index (χ4n) is 2.75. The third-order valence-electron chi connectivity index (χ3n) is 3.85. The molecule has 0 aliphatic carbocycles. The van der Waals surface area contributed by atoms with Crippen molar-refractivity contribution in [2.45, 2.75) is 0 Å². The number of benzene rings is 3. The second-order valence-electron chi connectivity index (χ2n) is 5.52. The van der Waals surface area contributed by atoms with E-state index in [1.54, 1.807) is 0 Å². The van der Waals surface area contributed by atoms with Crippen molar-refractivity contribution in [2.75, 3.05) is 0 Å². The van der Waals surface area contributed by atoms with Gasteiger partial charge < -0.3 is 0 Å². The maximum absolute atomic E-state index is 12.8. The van der Waals surface area contributed by atoms with Gasteiger partial charge in [-0.15, -0.1) is 0 Å². The van der Waals surface area contributed by atoms with E-state index in [1.807, 2.05) is 66.7 Å². The van der Waals surface area contributed by atoms with Crippen LogP contribution in [0.1, 0.15) is 0 Å². The van der Waals surface area contributed by atoms with Gasteiger partial charge in [-0.3, -0.25) is 0 Å². The second-order valence-corrected chi connectivity index (χ2v) is 8.70. The van der Waals surface area contributed by atoms with Crippen molar-refractivity contribution in [3.8, 4) is 11.1 Å². The van der Waals surface area contributed by atoms with Gasteiger partial charge in [0, 0.05) is 0 Å². The zero-order valence-electron chi connectivity index (χ0n) is 13.1. The number of rotatable bonds is 3. The van der Waals surface area contributed by atoms with Crippen LogP contribution in [0, 0.1) is 0 Å². The first-order valence-electron chi connectivity index (χ1n) is 7.77. The number of fused-ring (bicyclic) bond motifs is 1. The van der Waals surface area contributed by atoms with Crippen molar-refractivity contribution in [3.63, 3.8) is 0 Å². The average Bonchev–Trinajstić information content (AvgIpc) is 2.64. The minimum atomic E-state index is -0.252. The van der Waals surface area contributed by atoms with Crippen molar-refractivity contribution in [2.24, 2.45) is 0 Å². The van der Waals surface area contributed by atoms with Crippen LogP contribution in [0.3, 0.4) is 0 Å². The Kier molecular flexibility index (Phi) is 4.58. The topological polar surface area (TPSA) is 30.2 Å². The number of halogens is 1. The van der Waals surface area contributed by atoms with Crippen LogP contribution in [0.2, 0.25) is 0 Å². The van der Waals surface area contributed by atoms with Gasteiger partial charge in [-0.05, 0) is 0 Å². The van der Waals surface area contributed by atoms with Gasteiger partial charge in [0.05, 0.1) is 0 Å². The van der Waals surface area contributed by atoms with Gasteiger partial charge in [0.2, 0.25) is 0 Å². The van der Waals surface area contributed by atoms with E-state index in [9.17, 15) is 4.79 Å². The van der Waals surface area contributed by atoms with Crippen LogP contribution in [0.25, 0.3) is 22.1 Å². The first kappa shape index (κ1) is 16.3. The second kappa shape index (κ2) is 7.01. The fraction of sp³-hybridized carbons (Fsp3) is 0. The molecular formula is C21H13BrO2Se. The molecule has 0 fully saturated rings. The molecule has 0 saturated heterocycles. The number of hydrogen-bond acceptors (Lipinski definition) is 2.